The lowest BCUT2D eigenvalue weighted by atomic mass is 9.85. The second-order valence-corrected chi connectivity index (χ2v) is 7.58. The molecule has 1 atom stereocenters. The molecule has 25 heavy (non-hydrogen) atoms. The average Bonchev–Trinajstić information content (AvgIpc) is 2.52. The molecule has 0 heterocycles. The van der Waals surface area contributed by atoms with Gasteiger partial charge in [0.2, 0.25) is 10.0 Å². The van der Waals surface area contributed by atoms with Gasteiger partial charge in [-0.1, -0.05) is 18.2 Å². The van der Waals surface area contributed by atoms with Crippen LogP contribution in [0.25, 0.3) is 0 Å². The summed E-state index contributed by atoms with van der Waals surface area (Å²) in [6, 6.07) is 3.39. The van der Waals surface area contributed by atoms with E-state index in [-0.39, 0.29) is 16.5 Å². The van der Waals surface area contributed by atoms with Gasteiger partial charge >= 0.3 is 0 Å². The second-order valence-electron chi connectivity index (χ2n) is 6.02. The molecule has 8 nitrogen and oxygen atoms in total. The van der Waals surface area contributed by atoms with Gasteiger partial charge in [0.25, 0.3) is 5.69 Å². The van der Waals surface area contributed by atoms with Gasteiger partial charge in [0.1, 0.15) is 5.69 Å². The summed E-state index contributed by atoms with van der Waals surface area (Å²) in [4.78, 5) is 10.2. The van der Waals surface area contributed by atoms with Crippen LogP contribution in [0.4, 0.5) is 11.4 Å². The smallest absolute Gasteiger partial charge is 0.271 e. The first-order chi connectivity index (χ1) is 11.6. The first-order valence-electron chi connectivity index (χ1n) is 7.56. The lowest BCUT2D eigenvalue weighted by Crippen LogP contribution is -2.17. The minimum absolute atomic E-state index is 0.0927. The van der Waals surface area contributed by atoms with Crippen molar-refractivity contribution in [1.29, 1.82) is 0 Å². The molecule has 1 aromatic rings. The van der Waals surface area contributed by atoms with Crippen LogP contribution in [0.2, 0.25) is 0 Å². The summed E-state index contributed by atoms with van der Waals surface area (Å²) in [6.45, 7) is 7.85. The number of nitro benzene ring substituents is 1. The summed E-state index contributed by atoms with van der Waals surface area (Å²) < 4.78 is 22.7. The number of primary sulfonamides is 1. The Kier molecular flexibility index (Phi) is 5.39. The van der Waals surface area contributed by atoms with Crippen molar-refractivity contribution >= 4 is 27.1 Å². The summed E-state index contributed by atoms with van der Waals surface area (Å²) in [5.41, 5.74) is 5.18. The van der Waals surface area contributed by atoms with Gasteiger partial charge in [0.05, 0.1) is 15.5 Å². The third-order valence-electron chi connectivity index (χ3n) is 4.11. The van der Waals surface area contributed by atoms with Crippen molar-refractivity contribution < 1.29 is 13.3 Å². The van der Waals surface area contributed by atoms with Gasteiger partial charge in [-0.05, 0) is 50.3 Å². The third-order valence-corrected chi connectivity index (χ3v) is 5.02. The number of benzene rings is 1. The Morgan fingerprint density at radius 1 is 1.48 bits per heavy atom. The zero-order valence-electron chi connectivity index (χ0n) is 14.0. The summed E-state index contributed by atoms with van der Waals surface area (Å²) >= 11 is 0. The molecular formula is C16H20N4O4S. The molecule has 0 unspecified atom stereocenters. The van der Waals surface area contributed by atoms with Crippen molar-refractivity contribution in [2.24, 2.45) is 16.2 Å². The maximum Gasteiger partial charge on any atom is 0.295 e. The SMILES string of the molecule is C=C(C)[C@H]1CC=C(C)C(=NNc2ccc(S(N)(=O)=O)cc2[N+](=O)[O-])C1. The molecule has 0 aliphatic heterocycles. The number of nitro groups is 1. The Labute approximate surface area is 146 Å². The minimum atomic E-state index is -4.02. The van der Waals surface area contributed by atoms with Crippen molar-refractivity contribution in [3.05, 3.63) is 52.1 Å². The van der Waals surface area contributed by atoms with E-state index in [0.29, 0.717) is 6.42 Å². The molecule has 0 fully saturated rings. The number of allylic oxidation sites excluding steroid dienone is 3. The molecule has 1 aliphatic carbocycles. The van der Waals surface area contributed by atoms with Crippen LogP contribution in [-0.4, -0.2) is 19.1 Å². The highest BCUT2D eigenvalue weighted by Crippen LogP contribution is 2.29. The third kappa shape index (κ3) is 4.52. The Morgan fingerprint density at radius 3 is 2.72 bits per heavy atom. The molecule has 0 spiro atoms. The number of anilines is 1. The molecule has 0 bridgehead atoms. The van der Waals surface area contributed by atoms with Crippen molar-refractivity contribution in [3.8, 4) is 0 Å². The quantitative estimate of drug-likeness (QED) is 0.471. The van der Waals surface area contributed by atoms with Gasteiger partial charge in [0, 0.05) is 6.07 Å². The fourth-order valence-corrected chi connectivity index (χ4v) is 3.02. The minimum Gasteiger partial charge on any atom is -0.271 e. The molecule has 0 saturated heterocycles. The van der Waals surface area contributed by atoms with Crippen LogP contribution in [0, 0.1) is 16.0 Å². The number of nitrogens with one attached hydrogen (secondary N) is 1. The summed E-state index contributed by atoms with van der Waals surface area (Å²) in [5.74, 6) is 0.281. The van der Waals surface area contributed by atoms with Crippen LogP contribution < -0.4 is 10.6 Å². The summed E-state index contributed by atoms with van der Waals surface area (Å²) in [7, 11) is -4.02. The van der Waals surface area contributed by atoms with Gasteiger partial charge in [-0.2, -0.15) is 5.10 Å². The van der Waals surface area contributed by atoms with Crippen LogP contribution in [0.15, 0.2) is 52.0 Å². The Balaban J connectivity index is 2.34. The largest absolute Gasteiger partial charge is 0.295 e. The molecule has 0 saturated carbocycles. The van der Waals surface area contributed by atoms with Gasteiger partial charge in [-0.25, -0.2) is 13.6 Å². The van der Waals surface area contributed by atoms with Gasteiger partial charge in [-0.3, -0.25) is 15.5 Å². The first kappa shape index (κ1) is 18.8. The molecule has 0 radical (unpaired) electrons. The van der Waals surface area contributed by atoms with E-state index in [9.17, 15) is 18.5 Å². The van der Waals surface area contributed by atoms with E-state index >= 15 is 0 Å². The molecule has 3 N–H and O–H groups in total. The number of hydrogen-bond acceptors (Lipinski definition) is 6. The van der Waals surface area contributed by atoms with E-state index < -0.39 is 20.6 Å². The Morgan fingerprint density at radius 2 is 2.16 bits per heavy atom. The molecule has 0 amide bonds. The second kappa shape index (κ2) is 7.16. The zero-order chi connectivity index (χ0) is 18.8. The van der Waals surface area contributed by atoms with Crippen LogP contribution in [0.1, 0.15) is 26.7 Å². The van der Waals surface area contributed by atoms with Crippen molar-refractivity contribution in [2.75, 3.05) is 5.43 Å². The highest BCUT2D eigenvalue weighted by molar-refractivity contribution is 7.89. The average molecular weight is 364 g/mol. The van der Waals surface area contributed by atoms with Crippen molar-refractivity contribution in [1.82, 2.24) is 0 Å². The van der Waals surface area contributed by atoms with Crippen LogP contribution in [0.3, 0.4) is 0 Å². The fourth-order valence-electron chi connectivity index (χ4n) is 2.49. The molecule has 1 aliphatic rings. The normalized spacial score (nSPS) is 19.4. The summed E-state index contributed by atoms with van der Waals surface area (Å²) in [6.07, 6.45) is 3.64. The van der Waals surface area contributed by atoms with Crippen LogP contribution >= 0.6 is 0 Å². The number of hydrazone groups is 1. The molecule has 0 aromatic heterocycles. The topological polar surface area (TPSA) is 128 Å². The highest BCUT2D eigenvalue weighted by atomic mass is 32.2. The highest BCUT2D eigenvalue weighted by Gasteiger charge is 2.21. The van der Waals surface area contributed by atoms with E-state index in [1.807, 2.05) is 13.8 Å². The van der Waals surface area contributed by atoms with Gasteiger partial charge in [-0.15, -0.1) is 0 Å². The number of sulfonamides is 1. The first-order valence-corrected chi connectivity index (χ1v) is 9.10. The maximum absolute atomic E-state index is 11.4. The molecule has 1 aromatic carbocycles. The number of rotatable bonds is 5. The zero-order valence-corrected chi connectivity index (χ0v) is 14.8. The van der Waals surface area contributed by atoms with E-state index in [1.54, 1.807) is 0 Å². The lowest BCUT2D eigenvalue weighted by molar-refractivity contribution is -0.384. The fraction of sp³-hybridized carbons (Fsp3) is 0.312. The predicted molar refractivity (Wildman–Crippen MR) is 96.8 cm³/mol. The van der Waals surface area contributed by atoms with Crippen LogP contribution in [0.5, 0.6) is 0 Å². The molecule has 9 heteroatoms. The summed E-state index contributed by atoms with van der Waals surface area (Å²) in [5, 5.41) is 20.5. The van der Waals surface area contributed by atoms with E-state index in [2.05, 4.69) is 23.2 Å². The van der Waals surface area contributed by atoms with Gasteiger partial charge in [0.15, 0.2) is 0 Å². The van der Waals surface area contributed by atoms with Crippen molar-refractivity contribution in [3.63, 3.8) is 0 Å². The number of nitrogens with zero attached hydrogens (tertiary/aromatic N) is 2. The molecule has 134 valence electrons. The van der Waals surface area contributed by atoms with Crippen LogP contribution in [-0.2, 0) is 10.0 Å². The predicted octanol–water partition coefficient (Wildman–Crippen LogP) is 2.94. The van der Waals surface area contributed by atoms with E-state index in [4.69, 9.17) is 5.14 Å². The molecular weight excluding hydrogens is 344 g/mol. The Hall–Kier alpha value is -2.52. The van der Waals surface area contributed by atoms with Gasteiger partial charge < -0.3 is 0 Å². The number of hydrogen-bond donors (Lipinski definition) is 2. The van der Waals surface area contributed by atoms with Crippen molar-refractivity contribution in [2.45, 2.75) is 31.6 Å². The van der Waals surface area contributed by atoms with E-state index in [0.717, 1.165) is 29.3 Å². The standard InChI is InChI=1S/C16H20N4O4S/c1-10(2)12-5-4-11(3)15(8-12)19-18-14-7-6-13(25(17,23)24)9-16(14)20(21)22/h4,6-7,9,12,18H,1,5,8H2,2-3H3,(H2,17,23,24)/t12-/m0/s1. The monoisotopic (exact) mass is 364 g/mol. The lowest BCUT2D eigenvalue weighted by Gasteiger charge is -2.22. The Bertz CT molecular complexity index is 887. The maximum atomic E-state index is 11.4. The number of nitrogens with two attached hydrogens (primary N) is 1. The molecule has 2 rings (SSSR count). The van der Waals surface area contributed by atoms with E-state index in [1.165, 1.54) is 12.1 Å².